The van der Waals surface area contributed by atoms with Crippen LogP contribution >= 0.6 is 16.0 Å². The topological polar surface area (TPSA) is 67.8 Å². The number of hydrogen-bond donors (Lipinski definition) is 0. The highest BCUT2D eigenvalue weighted by atomic mass is 31.1. The minimum atomic E-state index is -1.92. The van der Waals surface area contributed by atoms with E-state index in [9.17, 15) is 9.79 Å². The maximum atomic E-state index is 12.0. The second-order valence-corrected chi connectivity index (χ2v) is 7.41. The lowest BCUT2D eigenvalue weighted by Gasteiger charge is -2.17. The van der Waals surface area contributed by atoms with Crippen molar-refractivity contribution in [3.63, 3.8) is 0 Å². The molecule has 5 nitrogen and oxygen atoms in total. The molecule has 7 heteroatoms. The zero-order valence-corrected chi connectivity index (χ0v) is 14.6. The van der Waals surface area contributed by atoms with Gasteiger partial charge in [0.25, 0.3) is 0 Å². The standard InChI is InChI=1S/C12H25NO4P2/c1-8-13(11(6)18(14)16-9(2)3)12(7)19(15)17-10(4)5/h9-10H,8H2,1-7H3. The van der Waals surface area contributed by atoms with Gasteiger partial charge in [0.2, 0.25) is 26.8 Å². The summed E-state index contributed by atoms with van der Waals surface area (Å²) in [5.41, 5.74) is 1.14. The molecule has 0 saturated heterocycles. The fourth-order valence-corrected chi connectivity index (χ4v) is 3.55. The molecule has 0 rings (SSSR count). The fourth-order valence-electron chi connectivity index (χ4n) is 1.42. The van der Waals surface area contributed by atoms with E-state index in [4.69, 9.17) is 9.05 Å². The van der Waals surface area contributed by atoms with Crippen LogP contribution in [0.1, 0.15) is 48.5 Å². The van der Waals surface area contributed by atoms with Crippen LogP contribution in [0.4, 0.5) is 0 Å². The van der Waals surface area contributed by atoms with Gasteiger partial charge in [-0.05, 0) is 27.7 Å². The molecule has 112 valence electrons. The first kappa shape index (κ1) is 19.1. The Morgan fingerprint density at radius 1 is 0.947 bits per heavy atom. The van der Waals surface area contributed by atoms with E-state index in [2.05, 4.69) is 0 Å². The van der Waals surface area contributed by atoms with E-state index >= 15 is 0 Å². The number of hydrogen-bond acceptors (Lipinski definition) is 4. The molecular weight excluding hydrogens is 284 g/mol. The van der Waals surface area contributed by atoms with E-state index in [-0.39, 0.29) is 12.2 Å². The Labute approximate surface area is 118 Å². The van der Waals surface area contributed by atoms with E-state index in [1.54, 1.807) is 18.7 Å². The molecule has 0 N–H and O–H groups in total. The second kappa shape index (κ2) is 9.15. The third-order valence-electron chi connectivity index (χ3n) is 2.24. The number of nitrogens with zero attached hydrogens (tertiary/aromatic N) is 1. The molecule has 0 fully saturated rings. The molecule has 0 aromatic rings. The minimum Gasteiger partial charge on any atom is -0.602 e. The molecule has 0 spiro atoms. The predicted molar refractivity (Wildman–Crippen MR) is 80.0 cm³/mol. The Kier molecular flexibility index (Phi) is 9.21. The van der Waals surface area contributed by atoms with Gasteiger partial charge < -0.3 is 9.79 Å². The Morgan fingerprint density at radius 2 is 1.26 bits per heavy atom. The fraction of sp³-hybridized carbons (Fsp3) is 0.833. The van der Waals surface area contributed by atoms with Crippen molar-refractivity contribution in [1.29, 1.82) is 0 Å². The molecule has 19 heavy (non-hydrogen) atoms. The minimum absolute atomic E-state index is 0.113. The van der Waals surface area contributed by atoms with Crippen molar-refractivity contribution < 1.29 is 18.8 Å². The first-order chi connectivity index (χ1) is 8.70. The molecule has 0 aliphatic rings. The smallest absolute Gasteiger partial charge is 0.237 e. The first-order valence-corrected chi connectivity index (χ1v) is 8.78. The zero-order valence-electron chi connectivity index (χ0n) is 12.8. The molecule has 2 atom stereocenters. The monoisotopic (exact) mass is 309 g/mol. The summed E-state index contributed by atoms with van der Waals surface area (Å²) in [5, 5.41) is 0. The van der Waals surface area contributed by atoms with E-state index in [0.29, 0.717) is 17.4 Å². The van der Waals surface area contributed by atoms with E-state index in [0.717, 1.165) is 0 Å². The van der Waals surface area contributed by atoms with Gasteiger partial charge in [0, 0.05) is 20.4 Å². The van der Waals surface area contributed by atoms with Crippen LogP contribution in [0.25, 0.3) is 0 Å². The van der Waals surface area contributed by atoms with Gasteiger partial charge in [-0.2, -0.15) is 13.9 Å². The first-order valence-electron chi connectivity index (χ1n) is 6.43. The summed E-state index contributed by atoms with van der Waals surface area (Å²) in [5.74, 6) is 0. The van der Waals surface area contributed by atoms with Crippen molar-refractivity contribution in [2.24, 2.45) is 0 Å². The lowest BCUT2D eigenvalue weighted by atomic mass is 10.5. The highest BCUT2D eigenvalue weighted by Crippen LogP contribution is 2.25. The van der Waals surface area contributed by atoms with Crippen LogP contribution in [0.3, 0.4) is 0 Å². The van der Waals surface area contributed by atoms with E-state index in [1.165, 1.54) is 0 Å². The zero-order chi connectivity index (χ0) is 15.2. The van der Waals surface area contributed by atoms with Gasteiger partial charge in [0.15, 0.2) is 0 Å². The largest absolute Gasteiger partial charge is 0.602 e. The van der Waals surface area contributed by atoms with Crippen molar-refractivity contribution in [2.75, 3.05) is 6.54 Å². The lowest BCUT2D eigenvalue weighted by Crippen LogP contribution is -2.35. The third kappa shape index (κ3) is 6.92. The van der Waals surface area contributed by atoms with Gasteiger partial charge in [-0.25, -0.2) is 0 Å². The molecular formula is C12H25NO4P2. The maximum Gasteiger partial charge on any atom is 0.237 e. The quantitative estimate of drug-likeness (QED) is 0.671. The molecule has 0 aromatic carbocycles. The van der Waals surface area contributed by atoms with Gasteiger partial charge >= 0.3 is 0 Å². The Bertz CT molecular complexity index is 322. The van der Waals surface area contributed by atoms with Gasteiger partial charge in [0.05, 0.1) is 0 Å². The lowest BCUT2D eigenvalue weighted by molar-refractivity contribution is -0.175. The third-order valence-corrected chi connectivity index (χ3v) is 5.01. The number of rotatable bonds is 7. The van der Waals surface area contributed by atoms with Crippen molar-refractivity contribution in [2.45, 2.75) is 60.7 Å². The predicted octanol–water partition coefficient (Wildman–Crippen LogP) is 1.80. The molecule has 0 aliphatic carbocycles. The Balaban J connectivity index is 5.20. The Hall–Kier alpha value is 0.140. The van der Waals surface area contributed by atoms with E-state index in [1.807, 2.05) is 34.6 Å². The van der Waals surface area contributed by atoms with Gasteiger partial charge in [-0.3, -0.25) is 0 Å². The van der Waals surface area contributed by atoms with Crippen LogP contribution < -0.4 is 9.79 Å². The summed E-state index contributed by atoms with van der Waals surface area (Å²) in [7, 11) is -3.83. The van der Waals surface area contributed by atoms with Gasteiger partial charge in [-0.1, -0.05) is 6.92 Å². The molecule has 0 bridgehead atoms. The summed E-state index contributed by atoms with van der Waals surface area (Å²) in [6.07, 6.45) is -0.225. The van der Waals surface area contributed by atoms with E-state index < -0.39 is 16.0 Å². The summed E-state index contributed by atoms with van der Waals surface area (Å²) in [6, 6.07) is 0. The van der Waals surface area contributed by atoms with Crippen LogP contribution in [0.5, 0.6) is 0 Å². The van der Waals surface area contributed by atoms with Crippen LogP contribution in [0, 0.1) is 0 Å². The van der Waals surface area contributed by atoms with Crippen LogP contribution in [0.2, 0.25) is 0 Å². The summed E-state index contributed by atoms with van der Waals surface area (Å²) in [6.45, 7) is 13.3. The van der Waals surface area contributed by atoms with Crippen LogP contribution in [-0.4, -0.2) is 34.5 Å². The molecule has 0 amide bonds. The normalized spacial score (nSPS) is 15.2. The summed E-state index contributed by atoms with van der Waals surface area (Å²) >= 11 is 0. The van der Waals surface area contributed by atoms with Crippen molar-refractivity contribution >= 4 is 26.8 Å². The highest BCUT2D eigenvalue weighted by molar-refractivity contribution is 7.48. The molecule has 0 aromatic heterocycles. The van der Waals surface area contributed by atoms with Crippen molar-refractivity contribution in [1.82, 2.24) is 4.90 Å². The molecule has 0 aliphatic heterocycles. The maximum absolute atomic E-state index is 12.0. The average molecular weight is 309 g/mol. The summed E-state index contributed by atoms with van der Waals surface area (Å²) in [4.78, 5) is 25.7. The van der Waals surface area contributed by atoms with Crippen molar-refractivity contribution in [3.8, 4) is 0 Å². The molecule has 0 saturated carbocycles. The molecule has 0 radical (unpaired) electrons. The Morgan fingerprint density at radius 3 is 1.47 bits per heavy atom. The van der Waals surface area contributed by atoms with Gasteiger partial charge in [0.1, 0.15) is 12.2 Å². The SMILES string of the molecule is CCN(C(C)=[P+]([O-])OC(C)C)C(C)=[P+]([O-])OC(C)C. The summed E-state index contributed by atoms with van der Waals surface area (Å²) < 4.78 is 10.6. The second-order valence-electron chi connectivity index (χ2n) is 4.66. The van der Waals surface area contributed by atoms with Crippen LogP contribution in [-0.2, 0) is 9.05 Å². The highest BCUT2D eigenvalue weighted by Gasteiger charge is 2.24. The van der Waals surface area contributed by atoms with Gasteiger partial charge in [-0.15, -0.1) is 0 Å². The molecule has 0 heterocycles. The van der Waals surface area contributed by atoms with Crippen LogP contribution in [0.15, 0.2) is 0 Å². The molecule has 2 unspecified atom stereocenters. The average Bonchev–Trinajstić information content (AvgIpc) is 2.27. The van der Waals surface area contributed by atoms with Crippen molar-refractivity contribution in [3.05, 3.63) is 0 Å².